The number of nitrogens with one attached hydrogen (secondary N) is 2. The van der Waals surface area contributed by atoms with Crippen molar-refractivity contribution < 1.29 is 23.9 Å². The third kappa shape index (κ3) is 6.69. The lowest BCUT2D eigenvalue weighted by molar-refractivity contribution is -0.140. The standard InChI is InChI=1S/C26H35BrN2O5/c1-3-4-7-14-28-25(31)20(16-27)29-26(32)24-19(21-11-12-22(24)34-21)15-18-9-6-5-8-17(18)10-13-23(30)33-2/h5-6,8-9,16,19,21-22,24H,3-4,7,10-15H2,1-2H3,(H,28,31)(H,29,32)/b20-16-/t19-,21-,22+,24-/m0/s1. The van der Waals surface area contributed by atoms with Crippen LogP contribution in [0.15, 0.2) is 34.9 Å². The Morgan fingerprint density at radius 2 is 1.88 bits per heavy atom. The highest BCUT2D eigenvalue weighted by Gasteiger charge is 2.52. The molecule has 34 heavy (non-hydrogen) atoms. The van der Waals surface area contributed by atoms with Crippen molar-refractivity contribution in [2.75, 3.05) is 13.7 Å². The molecule has 2 fully saturated rings. The van der Waals surface area contributed by atoms with E-state index in [0.717, 1.165) is 43.2 Å². The number of hydrogen-bond acceptors (Lipinski definition) is 5. The van der Waals surface area contributed by atoms with Crippen molar-refractivity contribution >= 4 is 33.7 Å². The van der Waals surface area contributed by atoms with E-state index < -0.39 is 0 Å². The molecule has 1 aromatic rings. The Hall–Kier alpha value is -2.19. The summed E-state index contributed by atoms with van der Waals surface area (Å²) in [6.07, 6.45) is 6.29. The number of benzene rings is 1. The van der Waals surface area contributed by atoms with Gasteiger partial charge in [-0.1, -0.05) is 60.0 Å². The van der Waals surface area contributed by atoms with Gasteiger partial charge in [-0.2, -0.15) is 0 Å². The van der Waals surface area contributed by atoms with Gasteiger partial charge in [0.25, 0.3) is 5.91 Å². The summed E-state index contributed by atoms with van der Waals surface area (Å²) in [6, 6.07) is 8.02. The second-order valence-electron chi connectivity index (χ2n) is 9.00. The molecule has 1 aromatic carbocycles. The van der Waals surface area contributed by atoms with E-state index in [4.69, 9.17) is 9.47 Å². The number of unbranched alkanes of at least 4 members (excludes halogenated alkanes) is 2. The van der Waals surface area contributed by atoms with Gasteiger partial charge in [0.1, 0.15) is 5.70 Å². The Balaban J connectivity index is 1.67. The number of esters is 1. The van der Waals surface area contributed by atoms with E-state index in [-0.39, 0.29) is 47.5 Å². The molecule has 2 aliphatic heterocycles. The van der Waals surface area contributed by atoms with Gasteiger partial charge < -0.3 is 20.1 Å². The second kappa shape index (κ2) is 13.0. The summed E-state index contributed by atoms with van der Waals surface area (Å²) in [5.74, 6) is -1.03. The maximum atomic E-state index is 13.3. The number of halogens is 1. The predicted molar refractivity (Wildman–Crippen MR) is 133 cm³/mol. The van der Waals surface area contributed by atoms with Gasteiger partial charge >= 0.3 is 5.97 Å². The quantitative estimate of drug-likeness (QED) is 0.241. The van der Waals surface area contributed by atoms with Crippen molar-refractivity contribution in [2.24, 2.45) is 11.8 Å². The molecule has 0 unspecified atom stereocenters. The molecule has 2 bridgehead atoms. The van der Waals surface area contributed by atoms with Gasteiger partial charge in [-0.3, -0.25) is 14.4 Å². The number of amides is 2. The van der Waals surface area contributed by atoms with Crippen molar-refractivity contribution in [3.8, 4) is 0 Å². The zero-order chi connectivity index (χ0) is 24.5. The number of ether oxygens (including phenoxy) is 2. The molecule has 2 heterocycles. The minimum atomic E-state index is -0.331. The summed E-state index contributed by atoms with van der Waals surface area (Å²) in [5.41, 5.74) is 2.42. The van der Waals surface area contributed by atoms with E-state index in [1.165, 1.54) is 12.1 Å². The van der Waals surface area contributed by atoms with Crippen LogP contribution in [0.4, 0.5) is 0 Å². The van der Waals surface area contributed by atoms with Gasteiger partial charge in [0.2, 0.25) is 5.91 Å². The molecule has 2 saturated heterocycles. The topological polar surface area (TPSA) is 93.7 Å². The van der Waals surface area contributed by atoms with Gasteiger partial charge in [-0.15, -0.1) is 0 Å². The molecule has 8 heteroatoms. The SMILES string of the molecule is CCCCCNC(=O)/C(=C/Br)NC(=O)[C@H]1[C@@H](Cc2ccccc2CCC(=O)OC)[C@@H]2CC[C@H]1O2. The number of methoxy groups -OCH3 is 1. The van der Waals surface area contributed by atoms with Crippen molar-refractivity contribution in [3.63, 3.8) is 0 Å². The summed E-state index contributed by atoms with van der Waals surface area (Å²) < 4.78 is 10.9. The zero-order valence-electron chi connectivity index (χ0n) is 20.0. The first-order valence-electron chi connectivity index (χ1n) is 12.2. The van der Waals surface area contributed by atoms with Gasteiger partial charge in [0.05, 0.1) is 25.2 Å². The van der Waals surface area contributed by atoms with E-state index in [9.17, 15) is 14.4 Å². The molecule has 4 atom stereocenters. The maximum absolute atomic E-state index is 13.3. The highest BCUT2D eigenvalue weighted by atomic mass is 79.9. The minimum absolute atomic E-state index is 0.0159. The fourth-order valence-electron chi connectivity index (χ4n) is 5.01. The largest absolute Gasteiger partial charge is 0.469 e. The Kier molecular flexibility index (Phi) is 10.1. The van der Waals surface area contributed by atoms with E-state index in [1.54, 1.807) is 0 Å². The van der Waals surface area contributed by atoms with Crippen LogP contribution < -0.4 is 10.6 Å². The molecule has 0 spiro atoms. The molecule has 0 aromatic heterocycles. The van der Waals surface area contributed by atoms with Gasteiger partial charge in [0, 0.05) is 23.9 Å². The molecular weight excluding hydrogens is 500 g/mol. The van der Waals surface area contributed by atoms with E-state index in [1.807, 2.05) is 18.2 Å². The lowest BCUT2D eigenvalue weighted by Crippen LogP contribution is -2.44. The van der Waals surface area contributed by atoms with E-state index in [2.05, 4.69) is 39.6 Å². The summed E-state index contributed by atoms with van der Waals surface area (Å²) >= 11 is 3.22. The van der Waals surface area contributed by atoms with Crippen LogP contribution in [-0.4, -0.2) is 43.6 Å². The summed E-state index contributed by atoms with van der Waals surface area (Å²) in [4.78, 5) is 39.0. The lowest BCUT2D eigenvalue weighted by atomic mass is 9.75. The average Bonchev–Trinajstić information content (AvgIpc) is 3.46. The zero-order valence-corrected chi connectivity index (χ0v) is 21.6. The lowest BCUT2D eigenvalue weighted by Gasteiger charge is -2.28. The van der Waals surface area contributed by atoms with Crippen molar-refractivity contribution in [2.45, 2.75) is 70.5 Å². The fraction of sp³-hybridized carbons (Fsp3) is 0.577. The first kappa shape index (κ1) is 26.4. The first-order chi connectivity index (χ1) is 16.5. The highest BCUT2D eigenvalue weighted by Crippen LogP contribution is 2.45. The molecule has 0 aliphatic carbocycles. The van der Waals surface area contributed by atoms with Gasteiger partial charge in [-0.05, 0) is 43.2 Å². The van der Waals surface area contributed by atoms with E-state index >= 15 is 0 Å². The molecule has 2 amide bonds. The van der Waals surface area contributed by atoms with Crippen LogP contribution in [0, 0.1) is 11.8 Å². The summed E-state index contributed by atoms with van der Waals surface area (Å²) in [7, 11) is 1.39. The number of hydrogen-bond donors (Lipinski definition) is 2. The number of carbonyl (C=O) groups is 3. The molecule has 186 valence electrons. The van der Waals surface area contributed by atoms with Crippen LogP contribution in [0.2, 0.25) is 0 Å². The summed E-state index contributed by atoms with van der Waals surface area (Å²) in [5, 5.41) is 5.70. The normalized spacial score (nSPS) is 23.6. The third-order valence-corrected chi connectivity index (χ3v) is 7.26. The number of carbonyl (C=O) groups excluding carboxylic acids is 3. The minimum Gasteiger partial charge on any atom is -0.469 e. The Morgan fingerprint density at radius 1 is 1.15 bits per heavy atom. The van der Waals surface area contributed by atoms with Crippen LogP contribution in [0.3, 0.4) is 0 Å². The van der Waals surface area contributed by atoms with Crippen molar-refractivity contribution in [1.29, 1.82) is 0 Å². The Labute approximate surface area is 210 Å². The van der Waals surface area contributed by atoms with Crippen LogP contribution in [-0.2, 0) is 36.7 Å². The monoisotopic (exact) mass is 534 g/mol. The molecule has 0 radical (unpaired) electrons. The predicted octanol–water partition coefficient (Wildman–Crippen LogP) is 3.79. The highest BCUT2D eigenvalue weighted by molar-refractivity contribution is 9.11. The molecule has 2 aliphatic rings. The van der Waals surface area contributed by atoms with Gasteiger partial charge in [-0.25, -0.2) is 0 Å². The number of fused-ring (bicyclic) bond motifs is 2. The molecular formula is C26H35BrN2O5. The van der Waals surface area contributed by atoms with Crippen molar-refractivity contribution in [1.82, 2.24) is 10.6 Å². The Bertz CT molecular complexity index is 903. The van der Waals surface area contributed by atoms with Crippen LogP contribution in [0.25, 0.3) is 0 Å². The van der Waals surface area contributed by atoms with Crippen LogP contribution in [0.1, 0.15) is 56.6 Å². The average molecular weight is 535 g/mol. The smallest absolute Gasteiger partial charge is 0.305 e. The number of aryl methyl sites for hydroxylation is 1. The maximum Gasteiger partial charge on any atom is 0.305 e. The molecule has 3 rings (SSSR count). The third-order valence-electron chi connectivity index (χ3n) is 6.81. The second-order valence-corrected chi connectivity index (χ2v) is 9.46. The molecule has 2 N–H and O–H groups in total. The summed E-state index contributed by atoms with van der Waals surface area (Å²) in [6.45, 7) is 2.69. The van der Waals surface area contributed by atoms with Crippen molar-refractivity contribution in [3.05, 3.63) is 46.1 Å². The number of rotatable bonds is 12. The Morgan fingerprint density at radius 3 is 2.59 bits per heavy atom. The molecule has 0 saturated carbocycles. The van der Waals surface area contributed by atoms with Gasteiger partial charge in [0.15, 0.2) is 0 Å². The van der Waals surface area contributed by atoms with Crippen LogP contribution >= 0.6 is 15.9 Å². The fourth-order valence-corrected chi connectivity index (χ4v) is 5.33. The van der Waals surface area contributed by atoms with Crippen LogP contribution in [0.5, 0.6) is 0 Å². The van der Waals surface area contributed by atoms with E-state index in [0.29, 0.717) is 25.8 Å². The molecule has 7 nitrogen and oxygen atoms in total. The first-order valence-corrected chi connectivity index (χ1v) is 13.1.